The first kappa shape index (κ1) is 29.8. The molecule has 0 spiro atoms. The van der Waals surface area contributed by atoms with Crippen LogP contribution in [0.2, 0.25) is 0 Å². The first-order valence-corrected chi connectivity index (χ1v) is 17.1. The van der Waals surface area contributed by atoms with Crippen molar-refractivity contribution >= 4 is 39.2 Å². The largest absolute Gasteiger partial charge is 0.364 e. The normalized spacial score (nSPS) is 16.5. The van der Waals surface area contributed by atoms with Crippen LogP contribution in [0, 0.1) is 0 Å². The first-order chi connectivity index (χ1) is 23.6. The molecule has 8 rings (SSSR count). The van der Waals surface area contributed by atoms with E-state index in [2.05, 4.69) is 200 Å². The first-order valence-electron chi connectivity index (χ1n) is 17.1. The number of benzene rings is 6. The summed E-state index contributed by atoms with van der Waals surface area (Å²) in [6.07, 6.45) is 7.43. The predicted octanol–water partition coefficient (Wildman–Crippen LogP) is 11.0. The molecule has 2 unspecified atom stereocenters. The Labute approximate surface area is 284 Å². The molecule has 236 valence electrons. The molecule has 1 aliphatic heterocycles. The molecule has 0 fully saturated rings. The van der Waals surface area contributed by atoms with E-state index in [1.165, 1.54) is 61.5 Å². The third kappa shape index (κ3) is 5.26. The molecule has 0 saturated carbocycles. The van der Waals surface area contributed by atoms with Crippen LogP contribution in [0.25, 0.3) is 10.8 Å². The van der Waals surface area contributed by atoms with Gasteiger partial charge in [0.05, 0.1) is 6.04 Å². The van der Waals surface area contributed by atoms with Gasteiger partial charge in [0.15, 0.2) is 0 Å². The number of likely N-dealkylation sites (N-methyl/N-ethyl adjacent to an activating group) is 1. The van der Waals surface area contributed by atoms with Crippen molar-refractivity contribution in [2.75, 3.05) is 35.3 Å². The third-order valence-electron chi connectivity index (χ3n) is 10.4. The SMILES string of the molecule is CCN1c2ccc3ccccc3c2C2C=C(C(c3ccc(N(C)c4ccccc4)cc3)c3ccc(N(C)c4ccccc4)cc3)C=CC21. The number of para-hydroxylation sites is 2. The molecule has 2 atom stereocenters. The zero-order valence-electron chi connectivity index (χ0n) is 27.9. The Kier molecular flexibility index (Phi) is 7.82. The maximum Gasteiger partial charge on any atom is 0.0580 e. The molecule has 0 amide bonds. The van der Waals surface area contributed by atoms with Gasteiger partial charge in [-0.1, -0.05) is 109 Å². The summed E-state index contributed by atoms with van der Waals surface area (Å²) in [6.45, 7) is 3.26. The molecule has 0 saturated heterocycles. The fraction of sp³-hybridized carbons (Fsp3) is 0.156. The van der Waals surface area contributed by atoms with E-state index < -0.39 is 0 Å². The van der Waals surface area contributed by atoms with Gasteiger partial charge in [0.2, 0.25) is 0 Å². The molecular weight excluding hydrogens is 583 g/mol. The van der Waals surface area contributed by atoms with Gasteiger partial charge in [-0.2, -0.15) is 0 Å². The Hall–Kier alpha value is -5.54. The minimum absolute atomic E-state index is 0.100. The van der Waals surface area contributed by atoms with Crippen molar-refractivity contribution in [2.45, 2.75) is 24.8 Å². The minimum Gasteiger partial charge on any atom is -0.364 e. The average Bonchev–Trinajstić information content (AvgIpc) is 3.49. The molecule has 0 N–H and O–H groups in total. The molecule has 1 aliphatic carbocycles. The molecule has 6 aromatic rings. The molecule has 0 bridgehead atoms. The van der Waals surface area contributed by atoms with Crippen LogP contribution in [0.15, 0.2) is 169 Å². The van der Waals surface area contributed by atoms with Gasteiger partial charge in [-0.25, -0.2) is 0 Å². The van der Waals surface area contributed by atoms with Crippen molar-refractivity contribution in [2.24, 2.45) is 0 Å². The van der Waals surface area contributed by atoms with Gasteiger partial charge < -0.3 is 14.7 Å². The maximum atomic E-state index is 2.58. The molecule has 48 heavy (non-hydrogen) atoms. The number of nitrogens with zero attached hydrogens (tertiary/aromatic N) is 3. The lowest BCUT2D eigenvalue weighted by molar-refractivity contribution is 0.680. The van der Waals surface area contributed by atoms with Crippen LogP contribution in [-0.4, -0.2) is 26.7 Å². The van der Waals surface area contributed by atoms with E-state index in [1.54, 1.807) is 0 Å². The van der Waals surface area contributed by atoms with E-state index >= 15 is 0 Å². The van der Waals surface area contributed by atoms with Gasteiger partial charge in [-0.15, -0.1) is 0 Å². The molecular formula is C45H41N3. The fourth-order valence-corrected chi connectivity index (χ4v) is 7.82. The second kappa shape index (κ2) is 12.6. The van der Waals surface area contributed by atoms with E-state index in [0.717, 1.165) is 6.54 Å². The molecule has 3 heteroatoms. The molecule has 1 heterocycles. The van der Waals surface area contributed by atoms with Crippen LogP contribution < -0.4 is 14.7 Å². The van der Waals surface area contributed by atoms with Crippen LogP contribution in [0.5, 0.6) is 0 Å². The highest BCUT2D eigenvalue weighted by atomic mass is 15.2. The number of anilines is 5. The van der Waals surface area contributed by atoms with E-state index in [-0.39, 0.29) is 5.92 Å². The Balaban J connectivity index is 1.21. The summed E-state index contributed by atoms with van der Waals surface area (Å²) in [5.41, 5.74) is 11.5. The van der Waals surface area contributed by atoms with E-state index in [4.69, 9.17) is 0 Å². The number of rotatable bonds is 8. The lowest BCUT2D eigenvalue weighted by Gasteiger charge is -2.31. The second-order valence-corrected chi connectivity index (χ2v) is 13.0. The highest BCUT2D eigenvalue weighted by Gasteiger charge is 2.38. The standard InChI is InChI=1S/C45H41N3/c1-4-48-42-29-24-35(31-41(42)45-40-18-12-11-13-32(40)23-30-43(45)48)44(33-19-25-38(26-20-33)46(2)36-14-7-5-8-15-36)34-21-27-39(28-22-34)47(3)37-16-9-6-10-17-37/h5-31,41-42,44H,4H2,1-3H3. The van der Waals surface area contributed by atoms with Gasteiger partial charge in [0.1, 0.15) is 0 Å². The molecule has 0 radical (unpaired) electrons. The summed E-state index contributed by atoms with van der Waals surface area (Å²) in [7, 11) is 4.27. The number of hydrogen-bond acceptors (Lipinski definition) is 3. The Bertz CT molecular complexity index is 2010. The second-order valence-electron chi connectivity index (χ2n) is 13.0. The third-order valence-corrected chi connectivity index (χ3v) is 10.4. The lowest BCUT2D eigenvalue weighted by Crippen LogP contribution is -2.33. The molecule has 0 aromatic heterocycles. The van der Waals surface area contributed by atoms with Gasteiger partial charge in [0, 0.05) is 60.9 Å². The zero-order chi connectivity index (χ0) is 32.6. The summed E-state index contributed by atoms with van der Waals surface area (Å²) >= 11 is 0. The number of allylic oxidation sites excluding steroid dienone is 2. The number of fused-ring (bicyclic) bond motifs is 5. The molecule has 2 aliphatic rings. The fourth-order valence-electron chi connectivity index (χ4n) is 7.82. The van der Waals surface area contributed by atoms with Crippen molar-refractivity contribution in [1.29, 1.82) is 0 Å². The van der Waals surface area contributed by atoms with E-state index in [1.807, 2.05) is 0 Å². The van der Waals surface area contributed by atoms with Crippen LogP contribution in [0.3, 0.4) is 0 Å². The Morgan fingerprint density at radius 3 is 1.67 bits per heavy atom. The van der Waals surface area contributed by atoms with Crippen LogP contribution >= 0.6 is 0 Å². The highest BCUT2D eigenvalue weighted by molar-refractivity contribution is 5.93. The van der Waals surface area contributed by atoms with Gasteiger partial charge in [-0.3, -0.25) is 0 Å². The van der Waals surface area contributed by atoms with Crippen molar-refractivity contribution in [3.05, 3.63) is 186 Å². The summed E-state index contributed by atoms with van der Waals surface area (Å²) in [5, 5.41) is 2.68. The summed E-state index contributed by atoms with van der Waals surface area (Å²) in [4.78, 5) is 7.07. The molecule has 3 nitrogen and oxygen atoms in total. The highest BCUT2D eigenvalue weighted by Crippen LogP contribution is 2.49. The topological polar surface area (TPSA) is 9.72 Å². The summed E-state index contributed by atoms with van der Waals surface area (Å²) in [5.74, 6) is 0.393. The Morgan fingerprint density at radius 2 is 1.10 bits per heavy atom. The van der Waals surface area contributed by atoms with E-state index in [0.29, 0.717) is 12.0 Å². The van der Waals surface area contributed by atoms with Crippen LogP contribution in [0.1, 0.15) is 35.4 Å². The minimum atomic E-state index is 0.100. The summed E-state index contributed by atoms with van der Waals surface area (Å²) in [6, 6.07) is 53.3. The van der Waals surface area contributed by atoms with Crippen LogP contribution in [-0.2, 0) is 0 Å². The average molecular weight is 624 g/mol. The van der Waals surface area contributed by atoms with Crippen molar-refractivity contribution < 1.29 is 0 Å². The van der Waals surface area contributed by atoms with Crippen molar-refractivity contribution in [1.82, 2.24) is 0 Å². The maximum absolute atomic E-state index is 2.58. The summed E-state index contributed by atoms with van der Waals surface area (Å²) < 4.78 is 0. The van der Waals surface area contributed by atoms with Crippen LogP contribution in [0.4, 0.5) is 28.4 Å². The van der Waals surface area contributed by atoms with Crippen molar-refractivity contribution in [3.8, 4) is 0 Å². The Morgan fingerprint density at radius 1 is 0.583 bits per heavy atom. The van der Waals surface area contributed by atoms with Gasteiger partial charge >= 0.3 is 0 Å². The van der Waals surface area contributed by atoms with Gasteiger partial charge in [0.25, 0.3) is 0 Å². The smallest absolute Gasteiger partial charge is 0.0580 e. The quantitative estimate of drug-likeness (QED) is 0.167. The molecule has 6 aromatic carbocycles. The zero-order valence-corrected chi connectivity index (χ0v) is 27.9. The monoisotopic (exact) mass is 623 g/mol. The lowest BCUT2D eigenvalue weighted by atomic mass is 9.78. The van der Waals surface area contributed by atoms with E-state index in [9.17, 15) is 0 Å². The number of hydrogen-bond donors (Lipinski definition) is 0. The van der Waals surface area contributed by atoms with Gasteiger partial charge in [-0.05, 0) is 94.6 Å². The predicted molar refractivity (Wildman–Crippen MR) is 204 cm³/mol. The van der Waals surface area contributed by atoms with Crippen molar-refractivity contribution in [3.63, 3.8) is 0 Å².